The number of carbonyl (C=O) groups is 1. The van der Waals surface area contributed by atoms with Gasteiger partial charge in [-0.05, 0) is 59.8 Å². The Morgan fingerprint density at radius 1 is 1.34 bits per heavy atom. The number of rotatable bonds is 6. The van der Waals surface area contributed by atoms with E-state index in [0.717, 1.165) is 41.4 Å². The first-order chi connectivity index (χ1) is 16.8. The lowest BCUT2D eigenvalue weighted by Crippen LogP contribution is -2.49. The molecular weight excluding hydrogens is 536 g/mol. The van der Waals surface area contributed by atoms with E-state index in [-0.39, 0.29) is 23.6 Å². The molecule has 5 rings (SSSR count). The normalized spacial score (nSPS) is 22.5. The van der Waals surface area contributed by atoms with Crippen LogP contribution in [0.5, 0.6) is 5.75 Å². The molecule has 2 aliphatic heterocycles. The molecule has 2 saturated heterocycles. The van der Waals surface area contributed by atoms with E-state index < -0.39 is 0 Å². The van der Waals surface area contributed by atoms with Crippen molar-refractivity contribution in [3.05, 3.63) is 51.7 Å². The molecule has 4 heterocycles. The maximum Gasteiger partial charge on any atom is 0.319 e. The van der Waals surface area contributed by atoms with Gasteiger partial charge in [0, 0.05) is 34.9 Å². The van der Waals surface area contributed by atoms with Crippen LogP contribution in [0, 0.1) is 0 Å². The lowest BCUT2D eigenvalue weighted by atomic mass is 9.96. The van der Waals surface area contributed by atoms with Gasteiger partial charge < -0.3 is 20.9 Å². The van der Waals surface area contributed by atoms with Gasteiger partial charge in [0.15, 0.2) is 0 Å². The molecule has 0 amide bonds. The maximum absolute atomic E-state index is 11.9. The maximum atomic E-state index is 11.9. The molecule has 35 heavy (non-hydrogen) atoms. The van der Waals surface area contributed by atoms with E-state index in [1.165, 1.54) is 19.2 Å². The molecule has 2 unspecified atom stereocenters. The molecule has 11 heteroatoms. The van der Waals surface area contributed by atoms with Crippen molar-refractivity contribution in [2.45, 2.75) is 43.8 Å². The molecule has 0 saturated carbocycles. The predicted octanol–water partition coefficient (Wildman–Crippen LogP) is 4.07. The van der Waals surface area contributed by atoms with Gasteiger partial charge in [-0.25, -0.2) is 9.51 Å². The molecule has 0 radical (unpaired) electrons. The van der Waals surface area contributed by atoms with Gasteiger partial charge in [0.1, 0.15) is 11.6 Å². The minimum absolute atomic E-state index is 0.0594. The Labute approximate surface area is 216 Å². The van der Waals surface area contributed by atoms with Crippen LogP contribution in [0.2, 0.25) is 5.02 Å². The number of amidine groups is 1. The van der Waals surface area contributed by atoms with Crippen LogP contribution in [0.3, 0.4) is 0 Å². The molecule has 2 aliphatic rings. The number of fused-ring (bicyclic) bond motifs is 3. The number of piperidine rings is 1. The van der Waals surface area contributed by atoms with E-state index in [9.17, 15) is 9.90 Å². The summed E-state index contributed by atoms with van der Waals surface area (Å²) in [5.74, 6) is 0.129. The second-order valence-corrected chi connectivity index (χ2v) is 10.3. The number of esters is 1. The number of nitrogens with one attached hydrogen (secondary N) is 1. The molecule has 2 fully saturated rings. The predicted molar refractivity (Wildman–Crippen MR) is 139 cm³/mol. The third-order valence-corrected chi connectivity index (χ3v) is 7.56. The number of nitrogens with zero attached hydrogens (tertiary/aromatic N) is 4. The Balaban J connectivity index is 1.46. The molecule has 184 valence electrons. The summed E-state index contributed by atoms with van der Waals surface area (Å²) in [6.07, 6.45) is 7.53. The zero-order chi connectivity index (χ0) is 24.7. The quantitative estimate of drug-likeness (QED) is 0.236. The van der Waals surface area contributed by atoms with Gasteiger partial charge in [0.05, 0.1) is 47.3 Å². The zero-order valence-electron chi connectivity index (χ0n) is 19.1. The van der Waals surface area contributed by atoms with Gasteiger partial charge >= 0.3 is 5.97 Å². The molecule has 0 aliphatic carbocycles. The third-order valence-electron chi connectivity index (χ3n) is 6.82. The topological polar surface area (TPSA) is 117 Å². The van der Waals surface area contributed by atoms with E-state index in [4.69, 9.17) is 22.1 Å². The fourth-order valence-electron chi connectivity index (χ4n) is 5.22. The van der Waals surface area contributed by atoms with Crippen LogP contribution in [0.4, 0.5) is 11.4 Å². The number of benzene rings is 1. The van der Waals surface area contributed by atoms with Gasteiger partial charge in [-0.3, -0.25) is 9.69 Å². The number of aliphatic imine (C=N–C) groups is 1. The van der Waals surface area contributed by atoms with Gasteiger partial charge in [-0.15, -0.1) is 0 Å². The summed E-state index contributed by atoms with van der Waals surface area (Å²) >= 11 is 9.79. The first-order valence-corrected chi connectivity index (χ1v) is 12.6. The fourth-order valence-corrected chi connectivity index (χ4v) is 5.84. The van der Waals surface area contributed by atoms with Crippen LogP contribution < -0.4 is 11.1 Å². The molecule has 1 aromatic carbocycles. The zero-order valence-corrected chi connectivity index (χ0v) is 21.5. The van der Waals surface area contributed by atoms with Crippen molar-refractivity contribution in [3.63, 3.8) is 0 Å². The molecule has 2 atom stereocenters. The van der Waals surface area contributed by atoms with Crippen LogP contribution >= 0.6 is 27.5 Å². The molecule has 2 aromatic heterocycles. The van der Waals surface area contributed by atoms with Crippen LogP contribution in [0.1, 0.15) is 31.2 Å². The van der Waals surface area contributed by atoms with Crippen LogP contribution in [-0.4, -0.2) is 63.2 Å². The first-order valence-electron chi connectivity index (χ1n) is 11.4. The number of aromatic hydroxyl groups is 1. The molecule has 4 N–H and O–H groups in total. The van der Waals surface area contributed by atoms with E-state index in [1.807, 2.05) is 12.3 Å². The summed E-state index contributed by atoms with van der Waals surface area (Å²) in [6.45, 7) is 0.335. The number of nitrogens with two attached hydrogens (primary N) is 1. The number of phenolic OH excluding ortho intramolecular Hbond substituents is 1. The first kappa shape index (κ1) is 23.9. The Bertz CT molecular complexity index is 1300. The van der Waals surface area contributed by atoms with Crippen molar-refractivity contribution >= 4 is 56.2 Å². The van der Waals surface area contributed by atoms with Crippen molar-refractivity contribution in [1.82, 2.24) is 14.5 Å². The molecule has 0 spiro atoms. The lowest BCUT2D eigenvalue weighted by molar-refractivity contribution is -0.143. The molecular formula is C24H26BrClN6O3. The summed E-state index contributed by atoms with van der Waals surface area (Å²) in [6, 6.07) is 7.40. The second kappa shape index (κ2) is 9.67. The second-order valence-electron chi connectivity index (χ2n) is 9.00. The number of ether oxygens (including phenoxy) is 1. The standard InChI is InChI=1S/C24H26BrClN6O3/c1-35-22(34)12-31-15-2-3-16(31)8-14(7-15)29-23-18(10-28-32-11-13(25)6-21(23)32)24(27)30-20-5-4-17(33)9-19(20)26/h4-6,9-11,14-16,29,33H,2-3,7-8,12H2,1H3,(H2,27,30). The smallest absolute Gasteiger partial charge is 0.319 e. The number of hydrogen-bond donors (Lipinski definition) is 3. The Kier molecular flexibility index (Phi) is 6.61. The highest BCUT2D eigenvalue weighted by molar-refractivity contribution is 9.10. The van der Waals surface area contributed by atoms with E-state index in [0.29, 0.717) is 34.9 Å². The van der Waals surface area contributed by atoms with Crippen LogP contribution in [0.25, 0.3) is 5.52 Å². The largest absolute Gasteiger partial charge is 0.508 e. The summed E-state index contributed by atoms with van der Waals surface area (Å²) in [7, 11) is 1.43. The Morgan fingerprint density at radius 3 is 2.77 bits per heavy atom. The minimum atomic E-state index is -0.193. The van der Waals surface area contributed by atoms with E-state index in [2.05, 4.69) is 36.2 Å². The number of phenols is 1. The van der Waals surface area contributed by atoms with E-state index >= 15 is 0 Å². The number of anilines is 1. The van der Waals surface area contributed by atoms with Crippen molar-refractivity contribution in [2.24, 2.45) is 10.7 Å². The monoisotopic (exact) mass is 560 g/mol. The average Bonchev–Trinajstić information content (AvgIpc) is 3.30. The van der Waals surface area contributed by atoms with Crippen LogP contribution in [0.15, 0.2) is 46.1 Å². The fraction of sp³-hybridized carbons (Fsp3) is 0.375. The molecule has 3 aromatic rings. The SMILES string of the molecule is COC(=O)CN1C2CCC1CC(Nc1c(C(N)=Nc3ccc(O)cc3Cl)cnn3cc(Br)cc13)C2. The van der Waals surface area contributed by atoms with Gasteiger partial charge in [-0.2, -0.15) is 5.10 Å². The summed E-state index contributed by atoms with van der Waals surface area (Å²) in [5.41, 5.74) is 9.30. The van der Waals surface area contributed by atoms with Crippen LogP contribution in [-0.2, 0) is 9.53 Å². The van der Waals surface area contributed by atoms with Crippen molar-refractivity contribution in [2.75, 3.05) is 19.0 Å². The average molecular weight is 562 g/mol. The minimum Gasteiger partial charge on any atom is -0.508 e. The Morgan fingerprint density at radius 2 is 2.09 bits per heavy atom. The number of halogens is 2. The van der Waals surface area contributed by atoms with Gasteiger partial charge in [0.25, 0.3) is 0 Å². The third kappa shape index (κ3) is 4.82. The Hall–Kier alpha value is -2.82. The molecule has 9 nitrogen and oxygen atoms in total. The number of hydrogen-bond acceptors (Lipinski definition) is 7. The summed E-state index contributed by atoms with van der Waals surface area (Å²) in [5, 5.41) is 18.2. The van der Waals surface area contributed by atoms with E-state index in [1.54, 1.807) is 16.8 Å². The van der Waals surface area contributed by atoms with Gasteiger partial charge in [-0.1, -0.05) is 11.6 Å². The lowest BCUT2D eigenvalue weighted by Gasteiger charge is -2.39. The summed E-state index contributed by atoms with van der Waals surface area (Å²) in [4.78, 5) is 18.7. The van der Waals surface area contributed by atoms with Gasteiger partial charge in [0.2, 0.25) is 0 Å². The number of carbonyl (C=O) groups excluding carboxylic acids is 1. The van der Waals surface area contributed by atoms with Crippen molar-refractivity contribution in [1.29, 1.82) is 0 Å². The summed E-state index contributed by atoms with van der Waals surface area (Å²) < 4.78 is 7.58. The highest BCUT2D eigenvalue weighted by Crippen LogP contribution is 2.38. The number of aromatic nitrogens is 2. The highest BCUT2D eigenvalue weighted by atomic mass is 79.9. The van der Waals surface area contributed by atoms with Crippen molar-refractivity contribution < 1.29 is 14.6 Å². The molecule has 2 bridgehead atoms. The highest BCUT2D eigenvalue weighted by Gasteiger charge is 2.41. The number of methoxy groups -OCH3 is 1. The van der Waals surface area contributed by atoms with Crippen molar-refractivity contribution in [3.8, 4) is 5.75 Å².